The number of nitrogens with zero attached hydrogens (tertiary/aromatic N) is 4. The Hall–Kier alpha value is -3.61. The summed E-state index contributed by atoms with van der Waals surface area (Å²) in [7, 11) is 0. The molecule has 4 aromatic rings. The minimum Gasteiger partial charge on any atom is -0.487 e. The van der Waals surface area contributed by atoms with Crippen molar-refractivity contribution < 1.29 is 9.53 Å². The summed E-state index contributed by atoms with van der Waals surface area (Å²) in [6.45, 7) is 8.45. The average Bonchev–Trinajstić information content (AvgIpc) is 3.21. The molecule has 1 saturated heterocycles. The Kier molecular flexibility index (Phi) is 7.58. The van der Waals surface area contributed by atoms with Crippen molar-refractivity contribution in [2.75, 3.05) is 26.2 Å². The van der Waals surface area contributed by atoms with Crippen LogP contribution in [-0.4, -0.2) is 51.7 Å². The number of carbonyl (C=O) groups excluding carboxylic acids is 1. The molecule has 1 aliphatic rings. The fraction of sp³-hybridized carbons (Fsp3) is 0.267. The van der Waals surface area contributed by atoms with Crippen molar-refractivity contribution in [2.45, 2.75) is 27.0 Å². The lowest BCUT2D eigenvalue weighted by Gasteiger charge is -2.35. The molecule has 5 rings (SSSR count). The molecule has 37 heavy (non-hydrogen) atoms. The first-order valence-electron chi connectivity index (χ1n) is 12.6. The predicted molar refractivity (Wildman–Crippen MR) is 146 cm³/mol. The lowest BCUT2D eigenvalue weighted by Crippen LogP contribution is -2.48. The molecule has 1 aromatic heterocycles. The maximum Gasteiger partial charge on any atom is 0.253 e. The van der Waals surface area contributed by atoms with Crippen LogP contribution in [0.1, 0.15) is 32.9 Å². The number of hydrogen-bond donors (Lipinski definition) is 0. The highest BCUT2D eigenvalue weighted by molar-refractivity contribution is 6.32. The van der Waals surface area contributed by atoms with Gasteiger partial charge in [-0.2, -0.15) is 5.10 Å². The summed E-state index contributed by atoms with van der Waals surface area (Å²) in [6, 6.07) is 25.3. The molecule has 1 amide bonds. The van der Waals surface area contributed by atoms with Gasteiger partial charge in [-0.05, 0) is 55.8 Å². The minimum absolute atomic E-state index is 0.0588. The Labute approximate surface area is 223 Å². The third-order valence-corrected chi connectivity index (χ3v) is 7.20. The van der Waals surface area contributed by atoms with Crippen LogP contribution in [-0.2, 0) is 13.2 Å². The molecule has 1 aliphatic heterocycles. The van der Waals surface area contributed by atoms with Gasteiger partial charge in [-0.15, -0.1) is 0 Å². The zero-order valence-electron chi connectivity index (χ0n) is 21.2. The Balaban J connectivity index is 1.18. The topological polar surface area (TPSA) is 50.6 Å². The summed E-state index contributed by atoms with van der Waals surface area (Å²) < 4.78 is 7.87. The van der Waals surface area contributed by atoms with E-state index < -0.39 is 0 Å². The smallest absolute Gasteiger partial charge is 0.253 e. The zero-order chi connectivity index (χ0) is 25.8. The molecule has 1 fully saturated rings. The molecule has 0 N–H and O–H groups in total. The van der Waals surface area contributed by atoms with Gasteiger partial charge >= 0.3 is 0 Å². The van der Waals surface area contributed by atoms with E-state index in [1.807, 2.05) is 70.2 Å². The molecule has 0 spiro atoms. The van der Waals surface area contributed by atoms with Gasteiger partial charge in [-0.3, -0.25) is 9.69 Å². The van der Waals surface area contributed by atoms with Gasteiger partial charge in [0, 0.05) is 49.5 Å². The molecule has 0 bridgehead atoms. The van der Waals surface area contributed by atoms with E-state index in [1.165, 1.54) is 5.56 Å². The molecular weight excluding hydrogens is 484 g/mol. The summed E-state index contributed by atoms with van der Waals surface area (Å²) in [6.07, 6.45) is 0. The number of carbonyl (C=O) groups is 1. The van der Waals surface area contributed by atoms with E-state index in [4.69, 9.17) is 21.4 Å². The molecule has 2 heterocycles. The van der Waals surface area contributed by atoms with Gasteiger partial charge in [0.05, 0.1) is 16.4 Å². The van der Waals surface area contributed by atoms with Crippen molar-refractivity contribution in [3.8, 4) is 11.4 Å². The van der Waals surface area contributed by atoms with E-state index in [-0.39, 0.29) is 5.91 Å². The summed E-state index contributed by atoms with van der Waals surface area (Å²) in [5, 5.41) is 5.36. The third-order valence-electron chi connectivity index (χ3n) is 6.89. The standard InChI is InChI=1S/C30H31ClN4O2/c1-22-27(23(2)35(32-22)26-11-4-3-5-12-26)20-33-15-17-34(18-16-33)30(36)25-10-8-9-24(19-25)21-37-29-14-7-6-13-28(29)31/h3-14,19H,15-18,20-21H2,1-2H3. The van der Waals surface area contributed by atoms with Gasteiger partial charge < -0.3 is 9.64 Å². The van der Waals surface area contributed by atoms with Crippen LogP contribution < -0.4 is 4.74 Å². The molecule has 190 valence electrons. The number of rotatable bonds is 7. The minimum atomic E-state index is 0.0588. The first-order chi connectivity index (χ1) is 18.0. The highest BCUT2D eigenvalue weighted by atomic mass is 35.5. The van der Waals surface area contributed by atoms with Gasteiger partial charge in [0.15, 0.2) is 0 Å². The molecule has 0 saturated carbocycles. The predicted octanol–water partition coefficient (Wildman–Crippen LogP) is 5.68. The van der Waals surface area contributed by atoms with Crippen LogP contribution in [0.2, 0.25) is 5.02 Å². The Morgan fingerprint density at radius 1 is 0.919 bits per heavy atom. The van der Waals surface area contributed by atoms with E-state index in [9.17, 15) is 4.79 Å². The molecule has 0 atom stereocenters. The largest absolute Gasteiger partial charge is 0.487 e. The number of hydrogen-bond acceptors (Lipinski definition) is 4. The number of ether oxygens (including phenoxy) is 1. The fourth-order valence-electron chi connectivity index (χ4n) is 4.76. The molecular formula is C30H31ClN4O2. The van der Waals surface area contributed by atoms with Crippen LogP contribution in [0.25, 0.3) is 5.69 Å². The van der Waals surface area contributed by atoms with Crippen LogP contribution in [0, 0.1) is 13.8 Å². The lowest BCUT2D eigenvalue weighted by molar-refractivity contribution is 0.0627. The average molecular weight is 515 g/mol. The molecule has 7 heteroatoms. The lowest BCUT2D eigenvalue weighted by atomic mass is 10.1. The van der Waals surface area contributed by atoms with Gasteiger partial charge in [0.1, 0.15) is 12.4 Å². The molecule has 0 aliphatic carbocycles. The van der Waals surface area contributed by atoms with E-state index in [1.54, 1.807) is 6.07 Å². The van der Waals surface area contributed by atoms with Crippen LogP contribution in [0.3, 0.4) is 0 Å². The number of aromatic nitrogens is 2. The van der Waals surface area contributed by atoms with Gasteiger partial charge in [-0.1, -0.05) is 54.1 Å². The first-order valence-corrected chi connectivity index (χ1v) is 13.0. The van der Waals surface area contributed by atoms with Crippen molar-refractivity contribution >= 4 is 17.5 Å². The summed E-state index contributed by atoms with van der Waals surface area (Å²) in [5.74, 6) is 0.695. The Morgan fingerprint density at radius 2 is 1.65 bits per heavy atom. The molecule has 0 unspecified atom stereocenters. The highest BCUT2D eigenvalue weighted by Gasteiger charge is 2.24. The number of amides is 1. The first kappa shape index (κ1) is 25.1. The van der Waals surface area contributed by atoms with E-state index in [2.05, 4.69) is 30.9 Å². The van der Waals surface area contributed by atoms with Crippen LogP contribution >= 0.6 is 11.6 Å². The van der Waals surface area contributed by atoms with Crippen molar-refractivity contribution in [3.05, 3.63) is 112 Å². The van der Waals surface area contributed by atoms with Gasteiger partial charge in [0.2, 0.25) is 0 Å². The van der Waals surface area contributed by atoms with Gasteiger partial charge in [-0.25, -0.2) is 4.68 Å². The second-order valence-corrected chi connectivity index (χ2v) is 9.79. The summed E-state index contributed by atoms with van der Waals surface area (Å²) in [5.41, 5.74) is 6.17. The zero-order valence-corrected chi connectivity index (χ0v) is 22.0. The fourth-order valence-corrected chi connectivity index (χ4v) is 4.95. The Bertz CT molecular complexity index is 1380. The summed E-state index contributed by atoms with van der Waals surface area (Å²) in [4.78, 5) is 17.6. The summed E-state index contributed by atoms with van der Waals surface area (Å²) >= 11 is 6.19. The van der Waals surface area contributed by atoms with E-state index in [0.717, 1.165) is 42.3 Å². The molecule has 3 aromatic carbocycles. The quantitative estimate of drug-likeness (QED) is 0.318. The van der Waals surface area contributed by atoms with Crippen molar-refractivity contribution in [2.24, 2.45) is 0 Å². The monoisotopic (exact) mass is 514 g/mol. The van der Waals surface area contributed by atoms with Crippen LogP contribution in [0.15, 0.2) is 78.9 Å². The maximum absolute atomic E-state index is 13.2. The van der Waals surface area contributed by atoms with Crippen LogP contribution in [0.5, 0.6) is 5.75 Å². The van der Waals surface area contributed by atoms with Crippen molar-refractivity contribution in [1.82, 2.24) is 19.6 Å². The highest BCUT2D eigenvalue weighted by Crippen LogP contribution is 2.25. The second kappa shape index (κ2) is 11.2. The van der Waals surface area contributed by atoms with Crippen molar-refractivity contribution in [3.63, 3.8) is 0 Å². The van der Waals surface area contributed by atoms with E-state index >= 15 is 0 Å². The third kappa shape index (κ3) is 5.71. The number of aryl methyl sites for hydroxylation is 1. The number of para-hydroxylation sites is 2. The number of piperazine rings is 1. The van der Waals surface area contributed by atoms with Crippen LogP contribution in [0.4, 0.5) is 0 Å². The Morgan fingerprint density at radius 3 is 2.41 bits per heavy atom. The number of benzene rings is 3. The van der Waals surface area contributed by atoms with E-state index in [0.29, 0.717) is 36.0 Å². The number of halogens is 1. The normalized spacial score (nSPS) is 14.1. The SMILES string of the molecule is Cc1nn(-c2ccccc2)c(C)c1CN1CCN(C(=O)c2cccc(COc3ccccc3Cl)c2)CC1. The molecule has 0 radical (unpaired) electrons. The van der Waals surface area contributed by atoms with Crippen molar-refractivity contribution in [1.29, 1.82) is 0 Å². The molecule has 6 nitrogen and oxygen atoms in total. The van der Waals surface area contributed by atoms with Gasteiger partial charge in [0.25, 0.3) is 5.91 Å². The maximum atomic E-state index is 13.2. The second-order valence-electron chi connectivity index (χ2n) is 9.38.